The second-order valence-electron chi connectivity index (χ2n) is 5.51. The summed E-state index contributed by atoms with van der Waals surface area (Å²) in [5, 5.41) is 5.74. The van der Waals surface area contributed by atoms with Gasteiger partial charge in [0.15, 0.2) is 0 Å². The standard InChI is InChI=1S/C18H17N3O4/c1-25-13-6-4-5-12(9-13)10-19-16(22)11-21-18(24)15-8-3-2-7-14(15)17(23)20-21/h2-9H,10-11H2,1H3,(H,19,22)(H,20,23). The van der Waals surface area contributed by atoms with Crippen molar-refractivity contribution >= 4 is 16.7 Å². The van der Waals surface area contributed by atoms with E-state index in [1.54, 1.807) is 31.4 Å². The van der Waals surface area contributed by atoms with Crippen LogP contribution < -0.4 is 21.2 Å². The van der Waals surface area contributed by atoms with Crippen LogP contribution in [0, 0.1) is 0 Å². The number of aromatic nitrogens is 2. The lowest BCUT2D eigenvalue weighted by Crippen LogP contribution is -2.36. The number of methoxy groups -OCH3 is 1. The van der Waals surface area contributed by atoms with E-state index in [0.29, 0.717) is 17.7 Å². The van der Waals surface area contributed by atoms with Crippen LogP contribution in [-0.4, -0.2) is 22.8 Å². The van der Waals surface area contributed by atoms with E-state index in [4.69, 9.17) is 4.74 Å². The lowest BCUT2D eigenvalue weighted by atomic mass is 10.2. The van der Waals surface area contributed by atoms with Gasteiger partial charge in [-0.15, -0.1) is 0 Å². The van der Waals surface area contributed by atoms with Crippen molar-refractivity contribution in [2.75, 3.05) is 7.11 Å². The summed E-state index contributed by atoms with van der Waals surface area (Å²) in [5.41, 5.74) is 0.0505. The van der Waals surface area contributed by atoms with E-state index >= 15 is 0 Å². The number of hydrogen-bond acceptors (Lipinski definition) is 4. The predicted molar refractivity (Wildman–Crippen MR) is 93.7 cm³/mol. The van der Waals surface area contributed by atoms with E-state index in [9.17, 15) is 14.4 Å². The maximum absolute atomic E-state index is 12.4. The number of hydrogen-bond donors (Lipinski definition) is 2. The number of ether oxygens (including phenoxy) is 1. The Bertz CT molecular complexity index is 1040. The number of H-pyrrole nitrogens is 1. The molecule has 1 heterocycles. The summed E-state index contributed by atoms with van der Waals surface area (Å²) in [6.07, 6.45) is 0. The number of carbonyl (C=O) groups is 1. The van der Waals surface area contributed by atoms with Crippen molar-refractivity contribution in [1.82, 2.24) is 15.1 Å². The van der Waals surface area contributed by atoms with Crippen molar-refractivity contribution in [2.24, 2.45) is 0 Å². The van der Waals surface area contributed by atoms with Gasteiger partial charge in [-0.1, -0.05) is 24.3 Å². The Morgan fingerprint density at radius 1 is 1.12 bits per heavy atom. The van der Waals surface area contributed by atoms with Crippen molar-refractivity contribution < 1.29 is 9.53 Å². The fraction of sp³-hybridized carbons (Fsp3) is 0.167. The largest absolute Gasteiger partial charge is 0.497 e. The summed E-state index contributed by atoms with van der Waals surface area (Å²) in [6, 6.07) is 13.8. The second-order valence-corrected chi connectivity index (χ2v) is 5.51. The third-order valence-electron chi connectivity index (χ3n) is 3.81. The van der Waals surface area contributed by atoms with Gasteiger partial charge in [-0.05, 0) is 29.8 Å². The van der Waals surface area contributed by atoms with Gasteiger partial charge in [0, 0.05) is 6.54 Å². The van der Waals surface area contributed by atoms with Crippen LogP contribution in [0.5, 0.6) is 5.75 Å². The molecule has 7 heteroatoms. The Labute approximate surface area is 142 Å². The van der Waals surface area contributed by atoms with Crippen molar-refractivity contribution in [1.29, 1.82) is 0 Å². The monoisotopic (exact) mass is 339 g/mol. The van der Waals surface area contributed by atoms with E-state index in [-0.39, 0.29) is 17.8 Å². The maximum Gasteiger partial charge on any atom is 0.273 e. The van der Waals surface area contributed by atoms with E-state index < -0.39 is 11.1 Å². The topological polar surface area (TPSA) is 93.2 Å². The Balaban J connectivity index is 1.75. The van der Waals surface area contributed by atoms with Crippen molar-refractivity contribution in [3.8, 4) is 5.75 Å². The zero-order chi connectivity index (χ0) is 17.8. The molecule has 0 aliphatic rings. The second kappa shape index (κ2) is 7.04. The van der Waals surface area contributed by atoms with Crippen LogP contribution in [0.15, 0.2) is 58.1 Å². The molecule has 0 aliphatic heterocycles. The van der Waals surface area contributed by atoms with Crippen LogP contribution >= 0.6 is 0 Å². The Morgan fingerprint density at radius 3 is 2.64 bits per heavy atom. The molecule has 1 aromatic heterocycles. The van der Waals surface area contributed by atoms with Gasteiger partial charge in [-0.25, -0.2) is 4.68 Å². The van der Waals surface area contributed by atoms with Crippen molar-refractivity contribution in [2.45, 2.75) is 13.1 Å². The fourth-order valence-corrected chi connectivity index (χ4v) is 2.54. The first-order chi connectivity index (χ1) is 12.1. The summed E-state index contributed by atoms with van der Waals surface area (Å²) < 4.78 is 6.15. The number of nitrogens with one attached hydrogen (secondary N) is 2. The smallest absolute Gasteiger partial charge is 0.273 e. The molecule has 0 saturated heterocycles. The van der Waals surface area contributed by atoms with Crippen LogP contribution in [0.2, 0.25) is 0 Å². The van der Waals surface area contributed by atoms with E-state index in [1.165, 1.54) is 0 Å². The molecule has 0 atom stereocenters. The highest BCUT2D eigenvalue weighted by Crippen LogP contribution is 2.12. The summed E-state index contributed by atoms with van der Waals surface area (Å²) >= 11 is 0. The summed E-state index contributed by atoms with van der Waals surface area (Å²) in [4.78, 5) is 36.5. The van der Waals surface area contributed by atoms with Gasteiger partial charge in [0.05, 0.1) is 17.9 Å². The molecule has 0 spiro atoms. The predicted octanol–water partition coefficient (Wildman–Crippen LogP) is 1.01. The third kappa shape index (κ3) is 3.60. The normalized spacial score (nSPS) is 10.6. The van der Waals surface area contributed by atoms with Gasteiger partial charge in [0.2, 0.25) is 5.91 Å². The average Bonchev–Trinajstić information content (AvgIpc) is 2.64. The number of benzene rings is 2. The number of rotatable bonds is 5. The third-order valence-corrected chi connectivity index (χ3v) is 3.81. The molecule has 0 saturated carbocycles. The van der Waals surface area contributed by atoms with Crippen molar-refractivity contribution in [3.63, 3.8) is 0 Å². The molecule has 1 amide bonds. The van der Waals surface area contributed by atoms with Gasteiger partial charge < -0.3 is 10.1 Å². The number of amides is 1. The first-order valence-electron chi connectivity index (χ1n) is 7.70. The van der Waals surface area contributed by atoms with Gasteiger partial charge in [-0.2, -0.15) is 0 Å². The summed E-state index contributed by atoms with van der Waals surface area (Å²) in [6.45, 7) is 0.0332. The highest BCUT2D eigenvalue weighted by molar-refractivity contribution is 5.81. The van der Waals surface area contributed by atoms with Crippen LogP contribution in [0.4, 0.5) is 0 Å². The number of carbonyl (C=O) groups excluding carboxylic acids is 1. The minimum Gasteiger partial charge on any atom is -0.497 e. The van der Waals surface area contributed by atoms with Crippen LogP contribution in [0.25, 0.3) is 10.8 Å². The molecule has 0 aliphatic carbocycles. The molecule has 0 fully saturated rings. The molecule has 2 aromatic carbocycles. The molecule has 3 rings (SSSR count). The molecule has 0 unspecified atom stereocenters. The van der Waals surface area contributed by atoms with Gasteiger partial charge in [0.1, 0.15) is 12.3 Å². The minimum absolute atomic E-state index is 0.261. The fourth-order valence-electron chi connectivity index (χ4n) is 2.54. The van der Waals surface area contributed by atoms with E-state index in [1.807, 2.05) is 24.3 Å². The van der Waals surface area contributed by atoms with Crippen LogP contribution in [0.3, 0.4) is 0 Å². The minimum atomic E-state index is -0.410. The molecular weight excluding hydrogens is 322 g/mol. The van der Waals surface area contributed by atoms with Gasteiger partial charge in [0.25, 0.3) is 11.1 Å². The Hall–Kier alpha value is -3.35. The van der Waals surface area contributed by atoms with Crippen molar-refractivity contribution in [3.05, 3.63) is 74.8 Å². The van der Waals surface area contributed by atoms with Crippen LogP contribution in [-0.2, 0) is 17.9 Å². The zero-order valence-electron chi connectivity index (χ0n) is 13.6. The average molecular weight is 339 g/mol. The lowest BCUT2D eigenvalue weighted by Gasteiger charge is -2.09. The zero-order valence-corrected chi connectivity index (χ0v) is 13.6. The lowest BCUT2D eigenvalue weighted by molar-refractivity contribution is -0.122. The van der Waals surface area contributed by atoms with Gasteiger partial charge in [-0.3, -0.25) is 19.5 Å². The number of fused-ring (bicyclic) bond motifs is 1. The molecule has 7 nitrogen and oxygen atoms in total. The number of nitrogens with zero attached hydrogens (tertiary/aromatic N) is 1. The molecular formula is C18H17N3O4. The first kappa shape index (κ1) is 16.5. The highest BCUT2D eigenvalue weighted by Gasteiger charge is 2.10. The maximum atomic E-state index is 12.4. The van der Waals surface area contributed by atoms with E-state index in [0.717, 1.165) is 10.2 Å². The van der Waals surface area contributed by atoms with E-state index in [2.05, 4.69) is 10.4 Å². The first-order valence-corrected chi connectivity index (χ1v) is 7.70. The quantitative estimate of drug-likeness (QED) is 0.726. The van der Waals surface area contributed by atoms with Crippen LogP contribution in [0.1, 0.15) is 5.56 Å². The molecule has 3 aromatic rings. The Morgan fingerprint density at radius 2 is 1.88 bits per heavy atom. The molecule has 0 radical (unpaired) electrons. The molecule has 2 N–H and O–H groups in total. The van der Waals surface area contributed by atoms with Gasteiger partial charge >= 0.3 is 0 Å². The summed E-state index contributed by atoms with van der Waals surface area (Å²) in [7, 11) is 1.57. The summed E-state index contributed by atoms with van der Waals surface area (Å²) in [5.74, 6) is 0.317. The Kier molecular flexibility index (Phi) is 4.65. The molecule has 25 heavy (non-hydrogen) atoms. The molecule has 128 valence electrons. The highest BCUT2D eigenvalue weighted by atomic mass is 16.5. The SMILES string of the molecule is COc1cccc(CNC(=O)Cn2[nH]c(=O)c3ccccc3c2=O)c1. The number of aromatic amines is 1. The molecule has 0 bridgehead atoms.